The molecule has 0 bridgehead atoms. The van der Waals surface area contributed by atoms with Crippen molar-refractivity contribution in [2.24, 2.45) is 5.73 Å². The predicted octanol–water partition coefficient (Wildman–Crippen LogP) is 2.69. The second-order valence-corrected chi connectivity index (χ2v) is 7.98. The van der Waals surface area contributed by atoms with Gasteiger partial charge in [0.25, 0.3) is 5.91 Å². The van der Waals surface area contributed by atoms with Crippen molar-refractivity contribution in [2.45, 2.75) is 51.4 Å². The Kier molecular flexibility index (Phi) is 6.27. The summed E-state index contributed by atoms with van der Waals surface area (Å²) in [5.41, 5.74) is 5.81. The molecule has 2 aromatic heterocycles. The van der Waals surface area contributed by atoms with Crippen LogP contribution in [0.1, 0.15) is 51.3 Å². The molecule has 0 aliphatic heterocycles. The number of carbonyl (C=O) groups is 2. The number of hydrogen-bond acceptors (Lipinski definition) is 5. The van der Waals surface area contributed by atoms with E-state index in [0.29, 0.717) is 10.6 Å². The lowest BCUT2D eigenvalue weighted by atomic mass is 9.95. The van der Waals surface area contributed by atoms with Gasteiger partial charge in [-0.05, 0) is 38.3 Å². The smallest absolute Gasteiger partial charge is 0.365 e. The molecule has 0 atom stereocenters. The summed E-state index contributed by atoms with van der Waals surface area (Å²) < 4.78 is 40.4. The molecule has 0 saturated heterocycles. The molecule has 0 aromatic carbocycles. The number of hydrogen-bond donors (Lipinski definition) is 3. The van der Waals surface area contributed by atoms with Crippen LogP contribution in [0.5, 0.6) is 0 Å². The number of primary amides is 1. The van der Waals surface area contributed by atoms with Crippen LogP contribution in [0.15, 0.2) is 6.20 Å². The van der Waals surface area contributed by atoms with Crippen LogP contribution in [0.3, 0.4) is 0 Å². The molecule has 0 spiro atoms. The van der Waals surface area contributed by atoms with Crippen molar-refractivity contribution in [2.75, 3.05) is 12.4 Å². The lowest BCUT2D eigenvalue weighted by Crippen LogP contribution is -2.19. The maximum Gasteiger partial charge on any atom is 0.435 e. The topological polar surface area (TPSA) is 102 Å². The summed E-state index contributed by atoms with van der Waals surface area (Å²) in [6, 6.07) is 0. The summed E-state index contributed by atoms with van der Waals surface area (Å²) in [5, 5.41) is 9.37. The van der Waals surface area contributed by atoms with Gasteiger partial charge in [0.15, 0.2) is 5.69 Å². The Balaban J connectivity index is 1.70. The molecule has 0 saturated carbocycles. The standard InChI is InChI=1S/C18H22F3N5O2S/c1-23-8-10-9-26(25-15(10)18(19,20)21)7-6-13(27)24-17-14(16(22)28)11-4-2-3-5-12(11)29-17/h9,23H,2-8H2,1H3,(H2,22,28)(H,24,27). The molecule has 4 N–H and O–H groups in total. The number of halogens is 3. The van der Waals surface area contributed by atoms with E-state index < -0.39 is 23.7 Å². The fraction of sp³-hybridized carbons (Fsp3) is 0.500. The van der Waals surface area contributed by atoms with Crippen molar-refractivity contribution in [3.05, 3.63) is 33.5 Å². The second-order valence-electron chi connectivity index (χ2n) is 6.87. The van der Waals surface area contributed by atoms with Gasteiger partial charge < -0.3 is 16.4 Å². The third-order valence-corrected chi connectivity index (χ3v) is 5.92. The van der Waals surface area contributed by atoms with E-state index in [1.165, 1.54) is 17.5 Å². The van der Waals surface area contributed by atoms with E-state index in [2.05, 4.69) is 15.7 Å². The molecular weight excluding hydrogens is 407 g/mol. The summed E-state index contributed by atoms with van der Waals surface area (Å²) in [6.45, 7) is -0.000613. The molecule has 0 fully saturated rings. The number of nitrogens with two attached hydrogens (primary N) is 1. The molecular formula is C18H22F3N5O2S. The van der Waals surface area contributed by atoms with Crippen molar-refractivity contribution in [3.63, 3.8) is 0 Å². The number of thiophene rings is 1. The molecule has 3 rings (SSSR count). The van der Waals surface area contributed by atoms with E-state index in [0.717, 1.165) is 40.8 Å². The quantitative estimate of drug-likeness (QED) is 0.630. The number of alkyl halides is 3. The maximum absolute atomic E-state index is 13.1. The van der Waals surface area contributed by atoms with Gasteiger partial charge in [-0.2, -0.15) is 18.3 Å². The SMILES string of the molecule is CNCc1cn(CCC(=O)Nc2sc3c(c2C(N)=O)CCCC3)nc1C(F)(F)F. The van der Waals surface area contributed by atoms with Crippen LogP contribution in [0, 0.1) is 0 Å². The first kappa shape index (κ1) is 21.3. The molecule has 11 heteroatoms. The number of aromatic nitrogens is 2. The Hall–Kier alpha value is -2.40. The number of fused-ring (bicyclic) bond motifs is 1. The zero-order valence-corrected chi connectivity index (χ0v) is 16.7. The molecule has 1 aliphatic carbocycles. The van der Waals surface area contributed by atoms with E-state index in [-0.39, 0.29) is 25.1 Å². The van der Waals surface area contributed by atoms with E-state index in [9.17, 15) is 22.8 Å². The van der Waals surface area contributed by atoms with Gasteiger partial charge in [-0.15, -0.1) is 11.3 Å². The maximum atomic E-state index is 13.1. The van der Waals surface area contributed by atoms with E-state index in [4.69, 9.17) is 5.73 Å². The lowest BCUT2D eigenvalue weighted by molar-refractivity contribution is -0.142. The lowest BCUT2D eigenvalue weighted by Gasteiger charge is -2.11. The highest BCUT2D eigenvalue weighted by Gasteiger charge is 2.37. The number of anilines is 1. The highest BCUT2D eigenvalue weighted by atomic mass is 32.1. The largest absolute Gasteiger partial charge is 0.435 e. The highest BCUT2D eigenvalue weighted by molar-refractivity contribution is 7.17. The Morgan fingerprint density at radius 1 is 1.31 bits per heavy atom. The van der Waals surface area contributed by atoms with Crippen molar-refractivity contribution in [1.82, 2.24) is 15.1 Å². The fourth-order valence-electron chi connectivity index (χ4n) is 3.46. The van der Waals surface area contributed by atoms with Crippen LogP contribution in [0.4, 0.5) is 18.2 Å². The number of carbonyl (C=O) groups excluding carboxylic acids is 2. The molecule has 2 aromatic rings. The number of nitrogens with one attached hydrogen (secondary N) is 2. The van der Waals surface area contributed by atoms with Gasteiger partial charge in [0, 0.05) is 36.1 Å². The van der Waals surface area contributed by atoms with Gasteiger partial charge in [0.05, 0.1) is 5.56 Å². The summed E-state index contributed by atoms with van der Waals surface area (Å²) in [7, 11) is 1.54. The summed E-state index contributed by atoms with van der Waals surface area (Å²) in [6.07, 6.45) is 0.220. The number of amides is 2. The summed E-state index contributed by atoms with van der Waals surface area (Å²) >= 11 is 1.34. The highest BCUT2D eigenvalue weighted by Crippen LogP contribution is 2.38. The van der Waals surface area contributed by atoms with E-state index in [1.807, 2.05) is 0 Å². The summed E-state index contributed by atoms with van der Waals surface area (Å²) in [5.74, 6) is -0.997. The molecule has 2 heterocycles. The number of nitrogens with zero attached hydrogens (tertiary/aromatic N) is 2. The molecule has 2 amide bonds. The monoisotopic (exact) mass is 429 g/mol. The minimum absolute atomic E-state index is 0.0161. The molecule has 0 radical (unpaired) electrons. The minimum Gasteiger partial charge on any atom is -0.365 e. The summed E-state index contributed by atoms with van der Waals surface area (Å²) in [4.78, 5) is 25.3. The van der Waals surface area contributed by atoms with Gasteiger partial charge in [0.2, 0.25) is 5.91 Å². The first-order valence-corrected chi connectivity index (χ1v) is 10.0. The molecule has 0 unspecified atom stereocenters. The number of rotatable bonds is 7. The van der Waals surface area contributed by atoms with E-state index >= 15 is 0 Å². The minimum atomic E-state index is -4.56. The van der Waals surface area contributed by atoms with Crippen LogP contribution in [0.25, 0.3) is 0 Å². The van der Waals surface area contributed by atoms with Crippen molar-refractivity contribution in [1.29, 1.82) is 0 Å². The molecule has 1 aliphatic rings. The average molecular weight is 429 g/mol. The third kappa shape index (κ3) is 4.78. The average Bonchev–Trinajstić information content (AvgIpc) is 3.21. The Morgan fingerprint density at radius 2 is 2.03 bits per heavy atom. The van der Waals surface area contributed by atoms with E-state index in [1.54, 1.807) is 7.05 Å². The Labute approximate surface area is 169 Å². The van der Waals surface area contributed by atoms with Crippen molar-refractivity contribution < 1.29 is 22.8 Å². The van der Waals surface area contributed by atoms with Gasteiger partial charge in [-0.25, -0.2) is 0 Å². The third-order valence-electron chi connectivity index (χ3n) is 4.71. The molecule has 7 nitrogen and oxygen atoms in total. The molecule has 158 valence electrons. The zero-order valence-electron chi connectivity index (χ0n) is 15.9. The van der Waals surface area contributed by atoms with Crippen LogP contribution < -0.4 is 16.4 Å². The van der Waals surface area contributed by atoms with Crippen LogP contribution in [-0.4, -0.2) is 28.6 Å². The van der Waals surface area contributed by atoms with Crippen LogP contribution in [0.2, 0.25) is 0 Å². The Morgan fingerprint density at radius 3 is 2.69 bits per heavy atom. The normalized spacial score (nSPS) is 13.9. The zero-order chi connectivity index (χ0) is 21.2. The van der Waals surface area contributed by atoms with Crippen LogP contribution in [-0.2, 0) is 36.9 Å². The van der Waals surface area contributed by atoms with Crippen LogP contribution >= 0.6 is 11.3 Å². The second kappa shape index (κ2) is 8.54. The van der Waals surface area contributed by atoms with Crippen molar-refractivity contribution >= 4 is 28.2 Å². The number of aryl methyl sites for hydroxylation is 2. The van der Waals surface area contributed by atoms with Crippen molar-refractivity contribution in [3.8, 4) is 0 Å². The first-order chi connectivity index (χ1) is 13.7. The predicted molar refractivity (Wildman–Crippen MR) is 103 cm³/mol. The Bertz CT molecular complexity index is 919. The van der Waals surface area contributed by atoms with Gasteiger partial charge in [0.1, 0.15) is 5.00 Å². The molecule has 29 heavy (non-hydrogen) atoms. The fourth-order valence-corrected chi connectivity index (χ4v) is 4.77. The van der Waals surface area contributed by atoms with Gasteiger partial charge in [-0.3, -0.25) is 14.3 Å². The van der Waals surface area contributed by atoms with Gasteiger partial charge >= 0.3 is 6.18 Å². The van der Waals surface area contributed by atoms with Gasteiger partial charge in [-0.1, -0.05) is 0 Å². The first-order valence-electron chi connectivity index (χ1n) is 9.23.